The molecule has 3 rings (SSSR count). The van der Waals surface area contributed by atoms with Gasteiger partial charge in [0, 0.05) is 25.5 Å². The Morgan fingerprint density at radius 1 is 1.07 bits per heavy atom. The molecule has 0 saturated carbocycles. The molecular formula is C19H21N5O3S2. The van der Waals surface area contributed by atoms with Crippen molar-refractivity contribution in [2.75, 3.05) is 25.2 Å². The molecule has 1 amide bonds. The number of thioether (sulfide) groups is 1. The van der Waals surface area contributed by atoms with Crippen LogP contribution in [0.15, 0.2) is 64.6 Å². The third-order valence-corrected chi connectivity index (χ3v) is 6.82. The molecular weight excluding hydrogens is 410 g/mol. The molecule has 1 heterocycles. The minimum absolute atomic E-state index is 0.142. The highest BCUT2D eigenvalue weighted by atomic mass is 32.2. The van der Waals surface area contributed by atoms with E-state index in [1.807, 2.05) is 41.8 Å². The number of amides is 1. The van der Waals surface area contributed by atoms with Crippen LogP contribution in [-0.4, -0.2) is 53.2 Å². The average Bonchev–Trinajstić information content (AvgIpc) is 3.08. The second kappa shape index (κ2) is 8.76. The van der Waals surface area contributed by atoms with E-state index < -0.39 is 10.0 Å². The van der Waals surface area contributed by atoms with E-state index in [1.54, 1.807) is 12.1 Å². The molecule has 0 saturated heterocycles. The van der Waals surface area contributed by atoms with Crippen LogP contribution in [0.3, 0.4) is 0 Å². The Labute approximate surface area is 174 Å². The molecule has 8 nitrogen and oxygen atoms in total. The van der Waals surface area contributed by atoms with Crippen molar-refractivity contribution in [2.45, 2.75) is 17.0 Å². The van der Waals surface area contributed by atoms with E-state index in [0.717, 1.165) is 15.8 Å². The van der Waals surface area contributed by atoms with Crippen molar-refractivity contribution in [1.82, 2.24) is 19.1 Å². The van der Waals surface area contributed by atoms with Gasteiger partial charge in [0.05, 0.1) is 10.6 Å². The van der Waals surface area contributed by atoms with Gasteiger partial charge in [-0.1, -0.05) is 30.0 Å². The highest BCUT2D eigenvalue weighted by Gasteiger charge is 2.17. The number of para-hydroxylation sites is 1. The molecule has 0 aliphatic rings. The summed E-state index contributed by atoms with van der Waals surface area (Å²) in [7, 11) is -0.558. The zero-order valence-corrected chi connectivity index (χ0v) is 17.9. The van der Waals surface area contributed by atoms with Gasteiger partial charge in [-0.2, -0.15) is 0 Å². The summed E-state index contributed by atoms with van der Waals surface area (Å²) >= 11 is 1.28. The Hall–Kier alpha value is -2.69. The summed E-state index contributed by atoms with van der Waals surface area (Å²) in [5, 5.41) is 11.6. The van der Waals surface area contributed by atoms with Crippen molar-refractivity contribution in [3.8, 4) is 5.69 Å². The molecule has 0 spiro atoms. The third-order valence-electron chi connectivity index (χ3n) is 4.06. The molecule has 0 bridgehead atoms. The van der Waals surface area contributed by atoms with Gasteiger partial charge >= 0.3 is 0 Å². The van der Waals surface area contributed by atoms with Gasteiger partial charge in [-0.3, -0.25) is 9.36 Å². The lowest BCUT2D eigenvalue weighted by atomic mass is 10.3. The molecule has 0 atom stereocenters. The zero-order chi connectivity index (χ0) is 21.0. The molecule has 1 aromatic heterocycles. The Balaban J connectivity index is 1.64. The van der Waals surface area contributed by atoms with Crippen LogP contribution < -0.4 is 5.32 Å². The lowest BCUT2D eigenvalue weighted by molar-refractivity contribution is -0.113. The van der Waals surface area contributed by atoms with Crippen molar-refractivity contribution >= 4 is 33.4 Å². The number of hydrogen-bond acceptors (Lipinski definition) is 6. The number of nitrogens with one attached hydrogen (secondary N) is 1. The maximum atomic E-state index is 12.3. The Morgan fingerprint density at radius 3 is 2.34 bits per heavy atom. The largest absolute Gasteiger partial charge is 0.325 e. The number of nitrogens with zero attached hydrogens (tertiary/aromatic N) is 4. The Bertz CT molecular complexity index is 1090. The Morgan fingerprint density at radius 2 is 1.72 bits per heavy atom. The highest BCUT2D eigenvalue weighted by Crippen LogP contribution is 2.22. The summed E-state index contributed by atoms with van der Waals surface area (Å²) in [5.74, 6) is 0.651. The zero-order valence-electron chi connectivity index (χ0n) is 16.2. The number of rotatable bonds is 7. The molecule has 0 fully saturated rings. The quantitative estimate of drug-likeness (QED) is 0.578. The molecule has 0 unspecified atom stereocenters. The van der Waals surface area contributed by atoms with Crippen LogP contribution in [0.25, 0.3) is 5.69 Å². The van der Waals surface area contributed by atoms with Gasteiger partial charge in [0.2, 0.25) is 15.9 Å². The lowest BCUT2D eigenvalue weighted by Crippen LogP contribution is -2.22. The van der Waals surface area contributed by atoms with Crippen molar-refractivity contribution in [3.63, 3.8) is 0 Å². The predicted molar refractivity (Wildman–Crippen MR) is 113 cm³/mol. The maximum Gasteiger partial charge on any atom is 0.242 e. The summed E-state index contributed by atoms with van der Waals surface area (Å²) in [6.45, 7) is 1.85. The average molecular weight is 432 g/mol. The van der Waals surface area contributed by atoms with Crippen LogP contribution in [0, 0.1) is 6.92 Å². The van der Waals surface area contributed by atoms with Gasteiger partial charge in [-0.25, -0.2) is 12.7 Å². The summed E-state index contributed by atoms with van der Waals surface area (Å²) in [6.07, 6.45) is 0. The standard InChI is InChI=1S/C19H21N5O3S2/c1-14-21-22-19(24(14)16-7-5-4-6-8-16)28-13-18(25)20-15-9-11-17(12-10-15)29(26,27)23(2)3/h4-12H,13H2,1-3H3,(H,20,25). The number of anilines is 1. The van der Waals surface area contributed by atoms with Crippen molar-refractivity contribution in [1.29, 1.82) is 0 Å². The molecule has 29 heavy (non-hydrogen) atoms. The summed E-state index contributed by atoms with van der Waals surface area (Å²) in [4.78, 5) is 12.5. The van der Waals surface area contributed by atoms with Crippen LogP contribution in [0.4, 0.5) is 5.69 Å². The molecule has 10 heteroatoms. The highest BCUT2D eigenvalue weighted by molar-refractivity contribution is 7.99. The van der Waals surface area contributed by atoms with Gasteiger partial charge in [0.15, 0.2) is 5.16 Å². The predicted octanol–water partition coefficient (Wildman–Crippen LogP) is 2.56. The van der Waals surface area contributed by atoms with Crippen LogP contribution in [0.1, 0.15) is 5.82 Å². The van der Waals surface area contributed by atoms with Gasteiger partial charge in [-0.05, 0) is 43.3 Å². The number of carbonyl (C=O) groups is 1. The van der Waals surface area contributed by atoms with E-state index in [2.05, 4.69) is 15.5 Å². The molecule has 152 valence electrons. The first-order chi connectivity index (χ1) is 13.8. The second-order valence-corrected chi connectivity index (χ2v) is 9.44. The Kier molecular flexibility index (Phi) is 6.36. The fourth-order valence-electron chi connectivity index (χ4n) is 2.56. The van der Waals surface area contributed by atoms with Crippen molar-refractivity contribution in [2.24, 2.45) is 0 Å². The first-order valence-corrected chi connectivity index (χ1v) is 11.1. The van der Waals surface area contributed by atoms with Crippen LogP contribution in [-0.2, 0) is 14.8 Å². The normalized spacial score (nSPS) is 11.6. The van der Waals surface area contributed by atoms with E-state index in [4.69, 9.17) is 0 Å². The molecule has 0 aliphatic heterocycles. The monoisotopic (exact) mass is 431 g/mol. The van der Waals surface area contributed by atoms with E-state index >= 15 is 0 Å². The fraction of sp³-hybridized carbons (Fsp3) is 0.211. The molecule has 1 N–H and O–H groups in total. The van der Waals surface area contributed by atoms with E-state index in [0.29, 0.717) is 10.8 Å². The van der Waals surface area contributed by atoms with Gasteiger partial charge in [-0.15, -0.1) is 10.2 Å². The number of hydrogen-bond donors (Lipinski definition) is 1. The van der Waals surface area contributed by atoms with Crippen LogP contribution in [0.5, 0.6) is 0 Å². The molecule has 0 aliphatic carbocycles. The number of aromatic nitrogens is 3. The summed E-state index contributed by atoms with van der Waals surface area (Å²) in [5.41, 5.74) is 1.45. The minimum Gasteiger partial charge on any atom is -0.325 e. The SMILES string of the molecule is Cc1nnc(SCC(=O)Nc2ccc(S(=O)(=O)N(C)C)cc2)n1-c1ccccc1. The molecule has 3 aromatic rings. The topological polar surface area (TPSA) is 97.2 Å². The lowest BCUT2D eigenvalue weighted by Gasteiger charge is -2.12. The molecule has 0 radical (unpaired) electrons. The smallest absolute Gasteiger partial charge is 0.242 e. The molecule has 2 aromatic carbocycles. The second-order valence-electron chi connectivity index (χ2n) is 6.35. The van der Waals surface area contributed by atoms with E-state index in [9.17, 15) is 13.2 Å². The van der Waals surface area contributed by atoms with Gasteiger partial charge in [0.25, 0.3) is 0 Å². The fourth-order valence-corrected chi connectivity index (χ4v) is 4.26. The summed E-state index contributed by atoms with van der Waals surface area (Å²) < 4.78 is 27.2. The minimum atomic E-state index is -3.50. The van der Waals surface area contributed by atoms with Crippen molar-refractivity contribution < 1.29 is 13.2 Å². The summed E-state index contributed by atoms with van der Waals surface area (Å²) in [6, 6.07) is 15.7. The van der Waals surface area contributed by atoms with Crippen LogP contribution in [0.2, 0.25) is 0 Å². The van der Waals surface area contributed by atoms with E-state index in [1.165, 1.54) is 38.0 Å². The maximum absolute atomic E-state index is 12.3. The third kappa shape index (κ3) is 4.84. The number of benzene rings is 2. The number of aryl methyl sites for hydroxylation is 1. The first kappa shape index (κ1) is 21.0. The number of carbonyl (C=O) groups excluding carboxylic acids is 1. The first-order valence-electron chi connectivity index (χ1n) is 8.72. The number of sulfonamides is 1. The van der Waals surface area contributed by atoms with Crippen molar-refractivity contribution in [3.05, 3.63) is 60.4 Å². The van der Waals surface area contributed by atoms with Crippen LogP contribution >= 0.6 is 11.8 Å². The van der Waals surface area contributed by atoms with Gasteiger partial charge < -0.3 is 5.32 Å². The van der Waals surface area contributed by atoms with E-state index in [-0.39, 0.29) is 16.6 Å². The van der Waals surface area contributed by atoms with Gasteiger partial charge in [0.1, 0.15) is 5.82 Å².